The number of hydrogen-bond donors (Lipinski definition) is 3. The fourth-order valence-electron chi connectivity index (χ4n) is 2.16. The molecule has 0 saturated carbocycles. The Morgan fingerprint density at radius 1 is 1.00 bits per heavy atom. The molecule has 23 heavy (non-hydrogen) atoms. The SMILES string of the molecule is Cc1ccc(NC(=O)CCN)cc1NC(=O)Cc1ccccc1. The molecule has 0 saturated heterocycles. The molecule has 0 fully saturated rings. The minimum absolute atomic E-state index is 0.0928. The third-order valence-corrected chi connectivity index (χ3v) is 3.37. The minimum atomic E-state index is -0.141. The second-order valence-corrected chi connectivity index (χ2v) is 5.33. The lowest BCUT2D eigenvalue weighted by Gasteiger charge is -2.11. The Bertz CT molecular complexity index is 684. The Labute approximate surface area is 135 Å². The number of carbonyl (C=O) groups is 2. The van der Waals surface area contributed by atoms with Crippen molar-refractivity contribution in [1.82, 2.24) is 0 Å². The molecule has 2 amide bonds. The van der Waals surface area contributed by atoms with E-state index in [0.717, 1.165) is 11.1 Å². The first-order valence-corrected chi connectivity index (χ1v) is 7.53. The summed E-state index contributed by atoms with van der Waals surface area (Å²) in [5, 5.41) is 5.65. The molecule has 2 aromatic carbocycles. The van der Waals surface area contributed by atoms with Gasteiger partial charge in [-0.25, -0.2) is 0 Å². The Balaban J connectivity index is 2.03. The van der Waals surface area contributed by atoms with Gasteiger partial charge in [-0.3, -0.25) is 9.59 Å². The summed E-state index contributed by atoms with van der Waals surface area (Å²) in [5.74, 6) is -0.234. The van der Waals surface area contributed by atoms with E-state index in [9.17, 15) is 9.59 Å². The fraction of sp³-hybridized carbons (Fsp3) is 0.222. The highest BCUT2D eigenvalue weighted by Gasteiger charge is 2.08. The zero-order valence-corrected chi connectivity index (χ0v) is 13.1. The number of anilines is 2. The normalized spacial score (nSPS) is 10.2. The molecular formula is C18H21N3O2. The number of nitrogens with one attached hydrogen (secondary N) is 2. The molecule has 0 spiro atoms. The summed E-state index contributed by atoms with van der Waals surface area (Å²) < 4.78 is 0. The average molecular weight is 311 g/mol. The van der Waals surface area contributed by atoms with Crippen molar-refractivity contribution in [1.29, 1.82) is 0 Å². The third kappa shape index (κ3) is 5.23. The maximum atomic E-state index is 12.2. The third-order valence-electron chi connectivity index (χ3n) is 3.37. The van der Waals surface area contributed by atoms with Gasteiger partial charge < -0.3 is 16.4 Å². The van der Waals surface area contributed by atoms with E-state index in [4.69, 9.17) is 5.73 Å². The Kier molecular flexibility index (Phi) is 5.88. The molecule has 0 atom stereocenters. The van der Waals surface area contributed by atoms with Crippen molar-refractivity contribution < 1.29 is 9.59 Å². The molecule has 4 N–H and O–H groups in total. The molecule has 0 aliphatic carbocycles. The summed E-state index contributed by atoms with van der Waals surface area (Å²) in [5.41, 5.74) is 8.58. The summed E-state index contributed by atoms with van der Waals surface area (Å²) >= 11 is 0. The molecule has 0 aliphatic heterocycles. The second-order valence-electron chi connectivity index (χ2n) is 5.33. The number of nitrogens with two attached hydrogens (primary N) is 1. The highest BCUT2D eigenvalue weighted by atomic mass is 16.2. The van der Waals surface area contributed by atoms with E-state index in [1.807, 2.05) is 43.3 Å². The Morgan fingerprint density at radius 3 is 2.43 bits per heavy atom. The van der Waals surface area contributed by atoms with E-state index >= 15 is 0 Å². The van der Waals surface area contributed by atoms with Crippen molar-refractivity contribution in [3.05, 3.63) is 59.7 Å². The molecule has 0 aromatic heterocycles. The largest absolute Gasteiger partial charge is 0.330 e. The molecule has 2 aromatic rings. The van der Waals surface area contributed by atoms with Crippen molar-refractivity contribution in [3.63, 3.8) is 0 Å². The minimum Gasteiger partial charge on any atom is -0.330 e. The molecule has 5 nitrogen and oxygen atoms in total. The number of amides is 2. The van der Waals surface area contributed by atoms with Gasteiger partial charge in [0.1, 0.15) is 0 Å². The van der Waals surface area contributed by atoms with Gasteiger partial charge in [-0.1, -0.05) is 36.4 Å². The first-order valence-electron chi connectivity index (χ1n) is 7.53. The van der Waals surface area contributed by atoms with Crippen molar-refractivity contribution in [2.45, 2.75) is 19.8 Å². The molecule has 0 radical (unpaired) electrons. The van der Waals surface area contributed by atoms with E-state index in [1.54, 1.807) is 12.1 Å². The first kappa shape index (κ1) is 16.7. The van der Waals surface area contributed by atoms with Gasteiger partial charge in [-0.15, -0.1) is 0 Å². The topological polar surface area (TPSA) is 84.2 Å². The van der Waals surface area contributed by atoms with Gasteiger partial charge in [0.25, 0.3) is 0 Å². The molecule has 120 valence electrons. The maximum absolute atomic E-state index is 12.2. The van der Waals surface area contributed by atoms with Crippen LogP contribution in [0.5, 0.6) is 0 Å². The van der Waals surface area contributed by atoms with Gasteiger partial charge in [0.2, 0.25) is 11.8 Å². The van der Waals surface area contributed by atoms with Crippen LogP contribution >= 0.6 is 0 Å². The molecular weight excluding hydrogens is 290 g/mol. The van der Waals surface area contributed by atoms with Crippen LogP contribution in [0, 0.1) is 6.92 Å². The smallest absolute Gasteiger partial charge is 0.228 e. The lowest BCUT2D eigenvalue weighted by Crippen LogP contribution is -2.17. The van der Waals surface area contributed by atoms with Crippen LogP contribution in [-0.2, 0) is 16.0 Å². The van der Waals surface area contributed by atoms with Gasteiger partial charge in [-0.05, 0) is 30.2 Å². The summed E-state index contributed by atoms with van der Waals surface area (Å²) in [7, 11) is 0. The highest BCUT2D eigenvalue weighted by molar-refractivity contribution is 5.95. The van der Waals surface area contributed by atoms with Crippen LogP contribution in [0.4, 0.5) is 11.4 Å². The lowest BCUT2D eigenvalue weighted by molar-refractivity contribution is -0.116. The molecule has 0 heterocycles. The van der Waals surface area contributed by atoms with E-state index in [2.05, 4.69) is 10.6 Å². The molecule has 2 rings (SSSR count). The number of carbonyl (C=O) groups excluding carboxylic acids is 2. The van der Waals surface area contributed by atoms with Crippen LogP contribution in [0.3, 0.4) is 0 Å². The zero-order chi connectivity index (χ0) is 16.7. The standard InChI is InChI=1S/C18H21N3O2/c1-13-7-8-15(20-17(22)9-10-19)12-16(13)21-18(23)11-14-5-3-2-4-6-14/h2-8,12H,9-11,19H2,1H3,(H,20,22)(H,21,23). The highest BCUT2D eigenvalue weighted by Crippen LogP contribution is 2.20. The predicted octanol–water partition coefficient (Wildman–Crippen LogP) is 2.46. The van der Waals surface area contributed by atoms with E-state index < -0.39 is 0 Å². The van der Waals surface area contributed by atoms with Gasteiger partial charge in [0, 0.05) is 24.3 Å². The first-order chi connectivity index (χ1) is 11.1. The monoisotopic (exact) mass is 311 g/mol. The number of benzene rings is 2. The fourth-order valence-corrected chi connectivity index (χ4v) is 2.16. The van der Waals surface area contributed by atoms with Crippen LogP contribution in [0.15, 0.2) is 48.5 Å². The van der Waals surface area contributed by atoms with Crippen LogP contribution in [-0.4, -0.2) is 18.4 Å². The van der Waals surface area contributed by atoms with Gasteiger partial charge in [0.15, 0.2) is 0 Å². The van der Waals surface area contributed by atoms with Crippen molar-refractivity contribution in [2.24, 2.45) is 5.73 Å². The zero-order valence-electron chi connectivity index (χ0n) is 13.1. The van der Waals surface area contributed by atoms with Crippen LogP contribution in [0.25, 0.3) is 0 Å². The maximum Gasteiger partial charge on any atom is 0.228 e. The average Bonchev–Trinajstić information content (AvgIpc) is 2.52. The lowest BCUT2D eigenvalue weighted by atomic mass is 10.1. The van der Waals surface area contributed by atoms with E-state index in [1.165, 1.54) is 0 Å². The van der Waals surface area contributed by atoms with Crippen LogP contribution < -0.4 is 16.4 Å². The van der Waals surface area contributed by atoms with Crippen molar-refractivity contribution >= 4 is 23.2 Å². The van der Waals surface area contributed by atoms with Gasteiger partial charge in [-0.2, -0.15) is 0 Å². The van der Waals surface area contributed by atoms with Gasteiger partial charge in [0.05, 0.1) is 6.42 Å². The van der Waals surface area contributed by atoms with Gasteiger partial charge >= 0.3 is 0 Å². The second kappa shape index (κ2) is 8.10. The predicted molar refractivity (Wildman–Crippen MR) is 92.3 cm³/mol. The number of rotatable bonds is 6. The molecule has 0 bridgehead atoms. The van der Waals surface area contributed by atoms with E-state index in [-0.39, 0.29) is 18.2 Å². The van der Waals surface area contributed by atoms with E-state index in [0.29, 0.717) is 24.3 Å². The summed E-state index contributed by atoms with van der Waals surface area (Å²) in [6.07, 6.45) is 0.577. The molecule has 5 heteroatoms. The Hall–Kier alpha value is -2.66. The summed E-state index contributed by atoms with van der Waals surface area (Å²) in [6, 6.07) is 15.0. The number of hydrogen-bond acceptors (Lipinski definition) is 3. The van der Waals surface area contributed by atoms with Crippen molar-refractivity contribution in [2.75, 3.05) is 17.2 Å². The number of aryl methyl sites for hydroxylation is 1. The van der Waals surface area contributed by atoms with Crippen LogP contribution in [0.2, 0.25) is 0 Å². The summed E-state index contributed by atoms with van der Waals surface area (Å²) in [4.78, 5) is 23.7. The Morgan fingerprint density at radius 2 is 1.74 bits per heavy atom. The quantitative estimate of drug-likeness (QED) is 0.766. The van der Waals surface area contributed by atoms with Crippen LogP contribution in [0.1, 0.15) is 17.5 Å². The molecule has 0 unspecified atom stereocenters. The molecule has 0 aliphatic rings. The van der Waals surface area contributed by atoms with Crippen molar-refractivity contribution in [3.8, 4) is 0 Å². The summed E-state index contributed by atoms with van der Waals surface area (Å²) in [6.45, 7) is 2.21.